The Kier molecular flexibility index (Phi) is 5.94. The summed E-state index contributed by atoms with van der Waals surface area (Å²) in [5, 5.41) is 3.92. The van der Waals surface area contributed by atoms with Gasteiger partial charge >= 0.3 is 5.63 Å². The van der Waals surface area contributed by atoms with Crippen molar-refractivity contribution in [2.45, 2.75) is 19.4 Å². The zero-order valence-corrected chi connectivity index (χ0v) is 18.4. The molecule has 0 bridgehead atoms. The second-order valence-electron chi connectivity index (χ2n) is 8.85. The monoisotopic (exact) mass is 419 g/mol. The molecule has 0 atom stereocenters. The van der Waals surface area contributed by atoms with Gasteiger partial charge in [-0.3, -0.25) is 9.69 Å². The van der Waals surface area contributed by atoms with Crippen molar-refractivity contribution >= 4 is 16.9 Å². The summed E-state index contributed by atoms with van der Waals surface area (Å²) in [5.74, 6) is -0.144. The van der Waals surface area contributed by atoms with Gasteiger partial charge in [-0.05, 0) is 50.7 Å². The lowest BCUT2D eigenvalue weighted by Gasteiger charge is -2.43. The molecule has 0 unspecified atom stereocenters. The number of benzene rings is 2. The van der Waals surface area contributed by atoms with Crippen LogP contribution in [0.15, 0.2) is 63.8 Å². The highest BCUT2D eigenvalue weighted by molar-refractivity contribution is 5.95. The van der Waals surface area contributed by atoms with Crippen LogP contribution in [0.5, 0.6) is 0 Å². The number of likely N-dealkylation sites (N-methyl/N-ethyl adjacent to an activating group) is 1. The molecule has 1 aliphatic heterocycles. The lowest BCUT2D eigenvalue weighted by Crippen LogP contribution is -2.57. The van der Waals surface area contributed by atoms with Gasteiger partial charge in [-0.1, -0.05) is 30.3 Å². The van der Waals surface area contributed by atoms with Gasteiger partial charge < -0.3 is 14.6 Å². The fraction of sp³-hybridized carbons (Fsp3) is 0.360. The van der Waals surface area contributed by atoms with Crippen molar-refractivity contribution in [3.05, 3.63) is 70.6 Å². The molecule has 4 rings (SSSR count). The van der Waals surface area contributed by atoms with E-state index < -0.39 is 5.63 Å². The molecule has 2 aromatic carbocycles. The standard InChI is InChI=1S/C25H29N3O3/c1-25(2,28-13-11-27(3)12-14-28)17-26-23(29)20-9-6-8-18(15-20)21-16-19-7-4-5-10-22(19)31-24(21)30/h4-10,15-16H,11-14,17H2,1-3H3,(H,26,29). The molecule has 2 heterocycles. The van der Waals surface area contributed by atoms with Crippen LogP contribution in [0.25, 0.3) is 22.1 Å². The van der Waals surface area contributed by atoms with E-state index in [0.29, 0.717) is 28.8 Å². The molecule has 0 spiro atoms. The van der Waals surface area contributed by atoms with Crippen LogP contribution in [0.1, 0.15) is 24.2 Å². The van der Waals surface area contributed by atoms with Crippen molar-refractivity contribution in [3.63, 3.8) is 0 Å². The van der Waals surface area contributed by atoms with E-state index in [4.69, 9.17) is 4.42 Å². The topological polar surface area (TPSA) is 65.8 Å². The third-order valence-corrected chi connectivity index (χ3v) is 6.12. The molecule has 1 aliphatic rings. The van der Waals surface area contributed by atoms with E-state index in [9.17, 15) is 9.59 Å². The van der Waals surface area contributed by atoms with Gasteiger partial charge in [-0.25, -0.2) is 4.79 Å². The molecule has 1 aromatic heterocycles. The molecule has 1 N–H and O–H groups in total. The fourth-order valence-corrected chi connectivity index (χ4v) is 4.01. The highest BCUT2D eigenvalue weighted by Gasteiger charge is 2.29. The first-order valence-electron chi connectivity index (χ1n) is 10.7. The lowest BCUT2D eigenvalue weighted by molar-refractivity contribution is 0.0588. The fourth-order valence-electron chi connectivity index (χ4n) is 4.01. The molecule has 162 valence electrons. The van der Waals surface area contributed by atoms with Crippen molar-refractivity contribution in [1.29, 1.82) is 0 Å². The zero-order valence-electron chi connectivity index (χ0n) is 18.4. The molecule has 6 heteroatoms. The average molecular weight is 420 g/mol. The van der Waals surface area contributed by atoms with Gasteiger partial charge in [0, 0.05) is 49.2 Å². The van der Waals surface area contributed by atoms with Crippen LogP contribution in [0.2, 0.25) is 0 Å². The van der Waals surface area contributed by atoms with E-state index in [1.54, 1.807) is 24.3 Å². The molecule has 1 fully saturated rings. The predicted molar refractivity (Wildman–Crippen MR) is 123 cm³/mol. The minimum absolute atomic E-state index is 0.131. The minimum Gasteiger partial charge on any atom is -0.422 e. The second-order valence-corrected chi connectivity index (χ2v) is 8.85. The molecule has 6 nitrogen and oxygen atoms in total. The summed E-state index contributed by atoms with van der Waals surface area (Å²) in [7, 11) is 2.13. The summed E-state index contributed by atoms with van der Waals surface area (Å²) in [5.41, 5.74) is 1.66. The Morgan fingerprint density at radius 1 is 1.03 bits per heavy atom. The predicted octanol–water partition coefficient (Wildman–Crippen LogP) is 3.22. The number of hydrogen-bond acceptors (Lipinski definition) is 5. The summed E-state index contributed by atoms with van der Waals surface area (Å²) >= 11 is 0. The summed E-state index contributed by atoms with van der Waals surface area (Å²) < 4.78 is 5.45. The largest absolute Gasteiger partial charge is 0.422 e. The van der Waals surface area contributed by atoms with Crippen molar-refractivity contribution in [1.82, 2.24) is 15.1 Å². The van der Waals surface area contributed by atoms with Crippen molar-refractivity contribution in [2.24, 2.45) is 0 Å². The maximum Gasteiger partial charge on any atom is 0.344 e. The first-order valence-corrected chi connectivity index (χ1v) is 10.7. The smallest absolute Gasteiger partial charge is 0.344 e. The average Bonchev–Trinajstić information content (AvgIpc) is 2.77. The Morgan fingerprint density at radius 2 is 1.77 bits per heavy atom. The highest BCUT2D eigenvalue weighted by Crippen LogP contribution is 2.22. The number of fused-ring (bicyclic) bond motifs is 1. The van der Waals surface area contributed by atoms with E-state index >= 15 is 0 Å². The van der Waals surface area contributed by atoms with Crippen LogP contribution in [0, 0.1) is 0 Å². The summed E-state index contributed by atoms with van der Waals surface area (Å²) in [6.45, 7) is 8.93. The van der Waals surface area contributed by atoms with E-state index in [1.165, 1.54) is 0 Å². The third-order valence-electron chi connectivity index (χ3n) is 6.12. The number of nitrogens with one attached hydrogen (secondary N) is 1. The number of nitrogens with zero attached hydrogens (tertiary/aromatic N) is 2. The van der Waals surface area contributed by atoms with Crippen LogP contribution >= 0.6 is 0 Å². The number of rotatable bonds is 5. The number of amides is 1. The lowest BCUT2D eigenvalue weighted by atomic mass is 10.0. The summed E-state index contributed by atoms with van der Waals surface area (Å²) in [6.07, 6.45) is 0. The summed E-state index contributed by atoms with van der Waals surface area (Å²) in [6, 6.07) is 16.4. The Balaban J connectivity index is 1.50. The molecular formula is C25H29N3O3. The Hall–Kier alpha value is -2.96. The van der Waals surface area contributed by atoms with Crippen LogP contribution in [0.3, 0.4) is 0 Å². The zero-order chi connectivity index (χ0) is 22.0. The maximum atomic E-state index is 12.9. The van der Waals surface area contributed by atoms with E-state index in [0.717, 1.165) is 31.6 Å². The van der Waals surface area contributed by atoms with Crippen LogP contribution in [-0.2, 0) is 0 Å². The van der Waals surface area contributed by atoms with E-state index in [2.05, 4.69) is 36.0 Å². The number of carbonyl (C=O) groups is 1. The van der Waals surface area contributed by atoms with Gasteiger partial charge in [0.25, 0.3) is 5.91 Å². The number of piperazine rings is 1. The second kappa shape index (κ2) is 8.65. The molecule has 31 heavy (non-hydrogen) atoms. The maximum absolute atomic E-state index is 12.9. The van der Waals surface area contributed by atoms with Gasteiger partial charge in [0.2, 0.25) is 0 Å². The van der Waals surface area contributed by atoms with E-state index in [-0.39, 0.29) is 11.4 Å². The van der Waals surface area contributed by atoms with Crippen molar-refractivity contribution in [2.75, 3.05) is 39.8 Å². The summed E-state index contributed by atoms with van der Waals surface area (Å²) in [4.78, 5) is 30.1. The van der Waals surface area contributed by atoms with Gasteiger partial charge in [-0.15, -0.1) is 0 Å². The van der Waals surface area contributed by atoms with E-state index in [1.807, 2.05) is 30.3 Å². The minimum atomic E-state index is -0.410. The van der Waals surface area contributed by atoms with Gasteiger partial charge in [0.05, 0.1) is 5.56 Å². The Bertz CT molecular complexity index is 1140. The van der Waals surface area contributed by atoms with Crippen molar-refractivity contribution in [3.8, 4) is 11.1 Å². The van der Waals surface area contributed by atoms with Crippen LogP contribution in [0.4, 0.5) is 0 Å². The molecule has 1 saturated heterocycles. The highest BCUT2D eigenvalue weighted by atomic mass is 16.4. The van der Waals surface area contributed by atoms with Crippen molar-refractivity contribution < 1.29 is 9.21 Å². The Morgan fingerprint density at radius 3 is 2.55 bits per heavy atom. The number of carbonyl (C=O) groups excluding carboxylic acids is 1. The van der Waals surface area contributed by atoms with Crippen LogP contribution in [-0.4, -0.2) is 61.0 Å². The molecule has 3 aromatic rings. The molecule has 0 radical (unpaired) electrons. The first kappa shape index (κ1) is 21.3. The number of hydrogen-bond donors (Lipinski definition) is 1. The Labute approximate surface area is 182 Å². The molecule has 1 amide bonds. The van der Waals surface area contributed by atoms with Crippen LogP contribution < -0.4 is 10.9 Å². The van der Waals surface area contributed by atoms with Gasteiger partial charge in [0.15, 0.2) is 0 Å². The number of para-hydroxylation sites is 1. The molecule has 0 aliphatic carbocycles. The molecule has 0 saturated carbocycles. The SMILES string of the molecule is CN1CCN(C(C)(C)CNC(=O)c2cccc(-c3cc4ccccc4oc3=O)c2)CC1. The quantitative estimate of drug-likeness (QED) is 0.644. The van der Waals surface area contributed by atoms with Gasteiger partial charge in [0.1, 0.15) is 5.58 Å². The molecular weight excluding hydrogens is 390 g/mol. The first-order chi connectivity index (χ1) is 14.8. The normalized spacial score (nSPS) is 15.8. The third kappa shape index (κ3) is 4.70. The van der Waals surface area contributed by atoms with Gasteiger partial charge in [-0.2, -0.15) is 0 Å².